The van der Waals surface area contributed by atoms with Crippen LogP contribution in [0.25, 0.3) is 27.2 Å². The van der Waals surface area contributed by atoms with Gasteiger partial charge in [-0.25, -0.2) is 29.0 Å². The van der Waals surface area contributed by atoms with Crippen LogP contribution < -0.4 is 51.3 Å². The molecular formula is C75H63N7O17. The molecule has 4 aliphatic heterocycles. The monoisotopic (exact) mass is 1330 g/mol. The number of anilines is 4. The zero-order valence-electron chi connectivity index (χ0n) is 53.7. The first-order chi connectivity index (χ1) is 47.6. The van der Waals surface area contributed by atoms with Gasteiger partial charge in [0, 0.05) is 104 Å². The second-order valence-corrected chi connectivity index (χ2v) is 28.2. The van der Waals surface area contributed by atoms with Gasteiger partial charge in [0.15, 0.2) is 0 Å². The first kappa shape index (κ1) is 61.7. The molecule has 5 saturated carbocycles. The van der Waals surface area contributed by atoms with E-state index in [4.69, 9.17) is 14.2 Å². The minimum atomic E-state index is -0.995. The maximum absolute atomic E-state index is 15.3. The fourth-order valence-corrected chi connectivity index (χ4v) is 18.9. The van der Waals surface area contributed by atoms with Gasteiger partial charge in [-0.05, 0) is 166 Å². The first-order valence-electron chi connectivity index (χ1n) is 33.7. The average Bonchev–Trinajstić information content (AvgIpc) is 1.55. The van der Waals surface area contributed by atoms with Crippen molar-refractivity contribution in [3.63, 3.8) is 0 Å². The third kappa shape index (κ3) is 9.26. The lowest BCUT2D eigenvalue weighted by molar-refractivity contribution is -0.139. The van der Waals surface area contributed by atoms with E-state index in [-0.39, 0.29) is 99.0 Å². The molecule has 3 aromatic heterocycles. The summed E-state index contributed by atoms with van der Waals surface area (Å²) in [6.07, 6.45) is 8.35. The maximum atomic E-state index is 15.3. The molecule has 4 saturated heterocycles. The minimum Gasteiger partial charge on any atom is -0.508 e. The van der Waals surface area contributed by atoms with Crippen molar-refractivity contribution in [2.45, 2.75) is 83.7 Å². The quantitative estimate of drug-likeness (QED) is 0.0515. The molecule has 8 bridgehead atoms. The van der Waals surface area contributed by atoms with E-state index in [2.05, 4.69) is 11.9 Å². The molecule has 1 N–H and O–H groups in total. The van der Waals surface area contributed by atoms with Crippen LogP contribution in [0, 0.1) is 77.9 Å². The largest absolute Gasteiger partial charge is 0.508 e. The molecule has 17 rings (SSSR count). The topological polar surface area (TPSA) is 306 Å². The molecule has 5 aliphatic carbocycles. The lowest BCUT2D eigenvalue weighted by Crippen LogP contribution is -2.53. The molecule has 12 atom stereocenters. The Balaban J connectivity index is 0.631. The standard InChI is InChI=1S/C75H63N7O17/c1-4-17-97-43-11-9-35(10-12-43)34-5-7-36(8-6-34)75(96)99-45-19-33(2)18-37(24-45)78-67(88)51-29-52(68(78)89)60-56-31-55(59(51)60)71(92)81(72(56)93)40-21-41(26-46(25-40)98-44-13-15-76-16-14-44)82-73(94)57-32-58(74(82)95)62-54-30-53(61(57)62)69(90)80(70(54)91)39-20-38(22-42(83)23-39)79-65(86)49-27-47-48(28-50(49)66(79)87)64(85)77(3)63(47)84/h5-8,13-16,18-28,35,43,51-62,83H,4,9-12,17,29-32H2,1-3H3. The van der Waals surface area contributed by atoms with Crippen molar-refractivity contribution >= 4 is 97.5 Å². The fraction of sp³-hybridized carbons (Fsp3) is 0.360. The van der Waals surface area contributed by atoms with Gasteiger partial charge >= 0.3 is 5.97 Å². The molecule has 8 amide bonds. The molecule has 9 aliphatic rings. The number of carbonyl (C=O) groups is 9. The zero-order chi connectivity index (χ0) is 68.6. The number of aromatic nitrogens is 3. The van der Waals surface area contributed by atoms with E-state index in [1.165, 1.54) is 61.9 Å². The SMILES string of the molecule is CCCOC1CCC(c2ccc(C(=O)Oc3cc(C)cc(N4C(=O)C5CC(C4=O)C4C6CC(C(=O)N(c7cc(Oc8ccncc8)cc(N8C(=O)C9CC(C8=O)C8C%10CC(C(=O)N(c%11cc(O)cc(-n%12c(=O)c%13cc%14c(=O)n(C)c(=O)c%14cc%13c%12=O)c%11)C%10=O)C98)c7)C6=O)C54)c3)cc2)CC1. The summed E-state index contributed by atoms with van der Waals surface area (Å²) >= 11 is 0. The zero-order valence-corrected chi connectivity index (χ0v) is 53.7. The van der Waals surface area contributed by atoms with Gasteiger partial charge in [-0.1, -0.05) is 19.1 Å². The number of aryl methyl sites for hydroxylation is 1. The summed E-state index contributed by atoms with van der Waals surface area (Å²) in [5.74, 6) is -16.2. The van der Waals surface area contributed by atoms with Gasteiger partial charge in [0.1, 0.15) is 23.0 Å². The van der Waals surface area contributed by atoms with Gasteiger partial charge in [0.2, 0.25) is 47.3 Å². The summed E-state index contributed by atoms with van der Waals surface area (Å²) < 4.78 is 19.8. The second kappa shape index (κ2) is 22.6. The number of benzene rings is 5. The number of pyridine rings is 1. The Bertz CT molecular complexity index is 5010. The van der Waals surface area contributed by atoms with E-state index in [1.54, 1.807) is 43.3 Å². The van der Waals surface area contributed by atoms with Crippen molar-refractivity contribution < 1.29 is 62.5 Å². The molecule has 500 valence electrons. The van der Waals surface area contributed by atoms with Gasteiger partial charge in [0.05, 0.1) is 61.6 Å². The number of esters is 1. The number of phenols is 1. The Hall–Kier alpha value is -10.9. The molecule has 12 unspecified atom stereocenters. The number of imide groups is 4. The van der Waals surface area contributed by atoms with Crippen molar-refractivity contribution in [2.24, 2.45) is 78.1 Å². The highest BCUT2D eigenvalue weighted by Crippen LogP contribution is 2.64. The predicted octanol–water partition coefficient (Wildman–Crippen LogP) is 7.21. The Morgan fingerprint density at radius 2 is 0.869 bits per heavy atom. The van der Waals surface area contributed by atoms with Gasteiger partial charge < -0.3 is 19.3 Å². The average molecular weight is 1330 g/mol. The van der Waals surface area contributed by atoms with Gasteiger partial charge in [-0.15, -0.1) is 0 Å². The Morgan fingerprint density at radius 3 is 1.32 bits per heavy atom. The fourth-order valence-electron chi connectivity index (χ4n) is 18.9. The molecule has 9 fully saturated rings. The van der Waals surface area contributed by atoms with Crippen LogP contribution in [0.1, 0.15) is 92.1 Å². The molecule has 0 spiro atoms. The predicted molar refractivity (Wildman–Crippen MR) is 354 cm³/mol. The van der Waals surface area contributed by atoms with Crippen molar-refractivity contribution in [2.75, 3.05) is 26.2 Å². The third-order valence-corrected chi connectivity index (χ3v) is 23.1. The van der Waals surface area contributed by atoms with Gasteiger partial charge in [-0.2, -0.15) is 0 Å². The van der Waals surface area contributed by atoms with Crippen LogP contribution in [0.15, 0.2) is 135 Å². The molecule has 24 heteroatoms. The lowest BCUT2D eigenvalue weighted by atomic mass is 9.82. The Morgan fingerprint density at radius 1 is 0.465 bits per heavy atom. The van der Waals surface area contributed by atoms with Gasteiger partial charge in [0.25, 0.3) is 22.2 Å². The van der Waals surface area contributed by atoms with Crippen LogP contribution in [0.2, 0.25) is 0 Å². The second-order valence-electron chi connectivity index (χ2n) is 28.2. The summed E-state index contributed by atoms with van der Waals surface area (Å²) in [6, 6.07) is 25.2. The van der Waals surface area contributed by atoms with E-state index in [0.29, 0.717) is 21.6 Å². The van der Waals surface area contributed by atoms with Gasteiger partial charge in [-0.3, -0.25) is 67.1 Å². The normalized spacial score (nSPS) is 28.3. The number of hydrogen-bond acceptors (Lipinski definition) is 18. The first-order valence-corrected chi connectivity index (χ1v) is 33.7. The van der Waals surface area contributed by atoms with E-state index < -0.39 is 152 Å². The van der Waals surface area contributed by atoms with Crippen LogP contribution in [0.4, 0.5) is 22.7 Å². The highest BCUT2D eigenvalue weighted by molar-refractivity contribution is 6.25. The molecule has 5 aromatic carbocycles. The van der Waals surface area contributed by atoms with E-state index >= 15 is 19.2 Å². The number of amides is 8. The van der Waals surface area contributed by atoms with Crippen molar-refractivity contribution in [1.29, 1.82) is 0 Å². The summed E-state index contributed by atoms with van der Waals surface area (Å²) in [6.45, 7) is 4.60. The number of aromatic hydroxyl groups is 1. The smallest absolute Gasteiger partial charge is 0.343 e. The molecule has 24 nitrogen and oxygen atoms in total. The summed E-state index contributed by atoms with van der Waals surface area (Å²) in [4.78, 5) is 196. The third-order valence-electron chi connectivity index (χ3n) is 23.1. The van der Waals surface area contributed by atoms with E-state index in [9.17, 15) is 48.3 Å². The van der Waals surface area contributed by atoms with Crippen LogP contribution in [-0.4, -0.2) is 85.2 Å². The Kier molecular flexibility index (Phi) is 14.1. The lowest BCUT2D eigenvalue weighted by Gasteiger charge is -2.37. The highest BCUT2D eigenvalue weighted by Gasteiger charge is 2.71. The van der Waals surface area contributed by atoms with E-state index in [1.807, 2.05) is 12.1 Å². The van der Waals surface area contributed by atoms with Crippen molar-refractivity contribution in [3.8, 4) is 28.7 Å². The number of phenolic OH excluding ortho intramolecular Hbond substituents is 1. The number of rotatable bonds is 13. The number of hydrogen-bond donors (Lipinski definition) is 1. The molecule has 8 aromatic rings. The minimum absolute atomic E-state index is 0.00966. The Labute approximate surface area is 561 Å². The molecule has 7 heterocycles. The van der Waals surface area contributed by atoms with Crippen LogP contribution in [0.3, 0.4) is 0 Å². The highest BCUT2D eigenvalue weighted by atomic mass is 16.5. The number of nitrogens with zero attached hydrogens (tertiary/aromatic N) is 7. The van der Waals surface area contributed by atoms with Crippen LogP contribution in [0.5, 0.6) is 23.0 Å². The number of piperidine rings is 4. The van der Waals surface area contributed by atoms with Crippen LogP contribution in [-0.2, 0) is 50.1 Å². The van der Waals surface area contributed by atoms with Crippen molar-refractivity contribution in [3.05, 3.63) is 174 Å². The van der Waals surface area contributed by atoms with E-state index in [0.717, 1.165) is 80.6 Å². The number of fused-ring (bicyclic) bond motifs is 20. The van der Waals surface area contributed by atoms with Crippen molar-refractivity contribution in [1.82, 2.24) is 14.1 Å². The molecular weight excluding hydrogens is 1270 g/mol. The number of ether oxygens (including phenoxy) is 3. The summed E-state index contributed by atoms with van der Waals surface area (Å²) in [5.41, 5.74) is -1.40. The molecule has 0 radical (unpaired) electrons. The summed E-state index contributed by atoms with van der Waals surface area (Å²) in [5, 5.41) is 10.6. The van der Waals surface area contributed by atoms with Crippen LogP contribution >= 0.6 is 0 Å². The maximum Gasteiger partial charge on any atom is 0.343 e. The molecule has 99 heavy (non-hydrogen) atoms. The summed E-state index contributed by atoms with van der Waals surface area (Å²) in [7, 11) is 1.27. The number of carbonyl (C=O) groups excluding carboxylic acids is 9.